The van der Waals surface area contributed by atoms with Crippen LogP contribution in [-0.2, 0) is 6.54 Å². The number of hydrogen-bond donors (Lipinski definition) is 0. The first-order valence-electron chi connectivity index (χ1n) is 6.32. The van der Waals surface area contributed by atoms with Gasteiger partial charge >= 0.3 is 0 Å². The van der Waals surface area contributed by atoms with Gasteiger partial charge in [-0.05, 0) is 18.4 Å². The van der Waals surface area contributed by atoms with Crippen molar-refractivity contribution in [1.82, 2.24) is 14.8 Å². The molecule has 0 saturated heterocycles. The van der Waals surface area contributed by atoms with Crippen LogP contribution in [0.1, 0.15) is 23.1 Å². The molecule has 0 aliphatic heterocycles. The maximum absolute atomic E-state index is 12.7. The number of aryl methyl sites for hydroxylation is 1. The second-order valence-corrected chi connectivity index (χ2v) is 4.77. The molecule has 3 aromatic rings. The van der Waals surface area contributed by atoms with Gasteiger partial charge in [0.05, 0.1) is 11.2 Å². The molecule has 5 heteroatoms. The summed E-state index contributed by atoms with van der Waals surface area (Å²) in [4.78, 5) is 16.9. The minimum absolute atomic E-state index is 0.203. The minimum Gasteiger partial charge on any atom is -0.285 e. The highest BCUT2D eigenvalue weighted by molar-refractivity contribution is 6.35. The lowest BCUT2D eigenvalue weighted by Crippen LogP contribution is -2.12. The highest BCUT2D eigenvalue weighted by atomic mass is 35.5. The second-order valence-electron chi connectivity index (χ2n) is 4.37. The highest BCUT2D eigenvalue weighted by Crippen LogP contribution is 2.23. The van der Waals surface area contributed by atoms with Gasteiger partial charge in [0.2, 0.25) is 5.78 Å². The van der Waals surface area contributed by atoms with Gasteiger partial charge in [-0.2, -0.15) is 5.10 Å². The van der Waals surface area contributed by atoms with Crippen LogP contribution in [0, 0.1) is 0 Å². The predicted octanol–water partition coefficient (Wildman–Crippen LogP) is 3.34. The van der Waals surface area contributed by atoms with Crippen LogP contribution in [0.25, 0.3) is 10.8 Å². The van der Waals surface area contributed by atoms with E-state index in [-0.39, 0.29) is 5.78 Å². The third kappa shape index (κ3) is 1.98. The van der Waals surface area contributed by atoms with Crippen molar-refractivity contribution in [3.8, 4) is 0 Å². The first-order valence-corrected chi connectivity index (χ1v) is 6.70. The molecule has 20 heavy (non-hydrogen) atoms. The Labute approximate surface area is 121 Å². The number of hydrogen-bond acceptors (Lipinski definition) is 3. The topological polar surface area (TPSA) is 47.8 Å². The lowest BCUT2D eigenvalue weighted by molar-refractivity contribution is 0.102. The third-order valence-electron chi connectivity index (χ3n) is 3.20. The number of benzene rings is 1. The van der Waals surface area contributed by atoms with Crippen LogP contribution < -0.4 is 0 Å². The van der Waals surface area contributed by atoms with Crippen LogP contribution in [0.3, 0.4) is 0 Å². The molecule has 3 rings (SSSR count). The highest BCUT2D eigenvalue weighted by Gasteiger charge is 2.21. The predicted molar refractivity (Wildman–Crippen MR) is 78.1 cm³/mol. The van der Waals surface area contributed by atoms with Crippen LogP contribution in [0.2, 0.25) is 5.02 Å². The molecule has 4 nitrogen and oxygen atoms in total. The second kappa shape index (κ2) is 5.06. The van der Waals surface area contributed by atoms with Crippen LogP contribution in [0.15, 0.2) is 42.7 Å². The lowest BCUT2D eigenvalue weighted by atomic mass is 10.1. The fourth-order valence-corrected chi connectivity index (χ4v) is 2.47. The standard InChI is InChI=1S/C15H12ClN3O/c1-2-19-14(12(16)9-18-19)15(20)13-11-6-4-3-5-10(11)7-8-17-13/h3-9H,2H2,1H3. The van der Waals surface area contributed by atoms with Crippen molar-refractivity contribution >= 4 is 28.2 Å². The van der Waals surface area contributed by atoms with Crippen molar-refractivity contribution < 1.29 is 4.79 Å². The molecule has 2 aromatic heterocycles. The number of fused-ring (bicyclic) bond motifs is 1. The van der Waals surface area contributed by atoms with E-state index in [1.807, 2.05) is 37.3 Å². The van der Waals surface area contributed by atoms with E-state index >= 15 is 0 Å². The fourth-order valence-electron chi connectivity index (χ4n) is 2.24. The first kappa shape index (κ1) is 12.8. The smallest absolute Gasteiger partial charge is 0.231 e. The summed E-state index contributed by atoms with van der Waals surface area (Å²) in [6, 6.07) is 9.53. The van der Waals surface area contributed by atoms with Crippen LogP contribution >= 0.6 is 11.6 Å². The van der Waals surface area contributed by atoms with E-state index in [2.05, 4.69) is 10.1 Å². The van der Waals surface area contributed by atoms with Crippen molar-refractivity contribution in [3.63, 3.8) is 0 Å². The van der Waals surface area contributed by atoms with E-state index in [0.29, 0.717) is 23.0 Å². The van der Waals surface area contributed by atoms with E-state index in [0.717, 1.165) is 10.8 Å². The summed E-state index contributed by atoms with van der Waals surface area (Å²) in [5, 5.41) is 6.25. The number of nitrogens with zero attached hydrogens (tertiary/aromatic N) is 3. The van der Waals surface area contributed by atoms with Gasteiger partial charge in [0.25, 0.3) is 0 Å². The van der Waals surface area contributed by atoms with Gasteiger partial charge in [0, 0.05) is 18.1 Å². The van der Waals surface area contributed by atoms with Crippen molar-refractivity contribution in [2.75, 3.05) is 0 Å². The third-order valence-corrected chi connectivity index (χ3v) is 3.47. The molecule has 0 aliphatic carbocycles. The largest absolute Gasteiger partial charge is 0.285 e. The van der Waals surface area contributed by atoms with E-state index in [4.69, 9.17) is 11.6 Å². The van der Waals surface area contributed by atoms with Crippen molar-refractivity contribution in [1.29, 1.82) is 0 Å². The molecule has 0 unspecified atom stereocenters. The Bertz CT molecular complexity index is 789. The van der Waals surface area contributed by atoms with Gasteiger partial charge in [-0.25, -0.2) is 0 Å². The number of halogens is 1. The summed E-state index contributed by atoms with van der Waals surface area (Å²) in [7, 11) is 0. The van der Waals surface area contributed by atoms with Gasteiger partial charge < -0.3 is 0 Å². The van der Waals surface area contributed by atoms with Gasteiger partial charge in [0.1, 0.15) is 11.4 Å². The lowest BCUT2D eigenvalue weighted by Gasteiger charge is -2.07. The molecule has 0 radical (unpaired) electrons. The molecule has 0 spiro atoms. The molecule has 1 aromatic carbocycles. The fraction of sp³-hybridized carbons (Fsp3) is 0.133. The summed E-state index contributed by atoms with van der Waals surface area (Å²) in [6.07, 6.45) is 3.12. The van der Waals surface area contributed by atoms with E-state index in [1.54, 1.807) is 10.9 Å². The zero-order valence-electron chi connectivity index (χ0n) is 10.9. The molecule has 100 valence electrons. The average molecular weight is 286 g/mol. The SMILES string of the molecule is CCn1ncc(Cl)c1C(=O)c1nccc2ccccc12. The van der Waals surface area contributed by atoms with Crippen molar-refractivity contribution in [2.45, 2.75) is 13.5 Å². The normalized spacial score (nSPS) is 10.9. The Morgan fingerprint density at radius 1 is 1.30 bits per heavy atom. The van der Waals surface area contributed by atoms with Crippen LogP contribution in [0.5, 0.6) is 0 Å². The van der Waals surface area contributed by atoms with Gasteiger partial charge in [-0.15, -0.1) is 0 Å². The maximum Gasteiger partial charge on any atom is 0.231 e. The number of carbonyl (C=O) groups excluding carboxylic acids is 1. The number of ketones is 1. The summed E-state index contributed by atoms with van der Waals surface area (Å²) in [6.45, 7) is 2.50. The summed E-state index contributed by atoms with van der Waals surface area (Å²) < 4.78 is 1.59. The average Bonchev–Trinajstić information content (AvgIpc) is 2.87. The van der Waals surface area contributed by atoms with Crippen LogP contribution in [0.4, 0.5) is 0 Å². The molecule has 0 fully saturated rings. The van der Waals surface area contributed by atoms with Gasteiger partial charge in [0.15, 0.2) is 0 Å². The molecule has 0 atom stereocenters. The number of carbonyl (C=O) groups is 1. The summed E-state index contributed by atoms with van der Waals surface area (Å²) in [5.41, 5.74) is 0.790. The molecular formula is C15H12ClN3O. The molecule has 0 N–H and O–H groups in total. The molecule has 0 saturated carbocycles. The molecule has 2 heterocycles. The van der Waals surface area contributed by atoms with E-state index in [9.17, 15) is 4.79 Å². The molecule has 0 aliphatic rings. The summed E-state index contributed by atoms with van der Waals surface area (Å²) in [5.74, 6) is -0.203. The van der Waals surface area contributed by atoms with Crippen LogP contribution in [-0.4, -0.2) is 20.5 Å². The quantitative estimate of drug-likeness (QED) is 0.694. The molecular weight excluding hydrogens is 274 g/mol. The Morgan fingerprint density at radius 2 is 2.10 bits per heavy atom. The minimum atomic E-state index is -0.203. The molecule has 0 bridgehead atoms. The van der Waals surface area contributed by atoms with Gasteiger partial charge in [-0.3, -0.25) is 14.5 Å². The number of pyridine rings is 1. The molecule has 0 amide bonds. The Hall–Kier alpha value is -2.20. The first-order chi connectivity index (χ1) is 9.72. The monoisotopic (exact) mass is 285 g/mol. The van der Waals surface area contributed by atoms with E-state index in [1.165, 1.54) is 6.20 Å². The zero-order valence-corrected chi connectivity index (χ0v) is 11.6. The number of aromatic nitrogens is 3. The maximum atomic E-state index is 12.7. The zero-order chi connectivity index (χ0) is 14.1. The number of rotatable bonds is 3. The summed E-state index contributed by atoms with van der Waals surface area (Å²) >= 11 is 6.09. The Balaban J connectivity index is 2.20. The Morgan fingerprint density at radius 3 is 2.90 bits per heavy atom. The van der Waals surface area contributed by atoms with Crippen molar-refractivity contribution in [3.05, 3.63) is 59.1 Å². The Kier molecular flexibility index (Phi) is 3.24. The van der Waals surface area contributed by atoms with Crippen molar-refractivity contribution in [2.24, 2.45) is 0 Å². The van der Waals surface area contributed by atoms with E-state index < -0.39 is 0 Å². The van der Waals surface area contributed by atoms with Gasteiger partial charge in [-0.1, -0.05) is 35.9 Å².